The molecule has 0 aliphatic carbocycles. The molecule has 1 rings (SSSR count). The van der Waals surface area contributed by atoms with E-state index in [2.05, 4.69) is 0 Å². The van der Waals surface area contributed by atoms with Gasteiger partial charge in [0.15, 0.2) is 0 Å². The van der Waals surface area contributed by atoms with E-state index in [1.165, 1.54) is 0 Å². The van der Waals surface area contributed by atoms with Crippen LogP contribution in [0, 0.1) is 0 Å². The van der Waals surface area contributed by atoms with Crippen LogP contribution >= 0.6 is 12.4 Å². The van der Waals surface area contributed by atoms with Crippen LogP contribution in [0.3, 0.4) is 0 Å². The third kappa shape index (κ3) is 4.29. The minimum atomic E-state index is -0.244. The summed E-state index contributed by atoms with van der Waals surface area (Å²) in [5.74, 6) is 0.943. The minimum absolute atomic E-state index is 0. The molecule has 0 unspecified atom stereocenters. The highest BCUT2D eigenvalue weighted by Gasteiger charge is 2.14. The number of benzene rings is 1. The van der Waals surface area contributed by atoms with E-state index < -0.39 is 0 Å². The molecule has 4 heteroatoms. The topological polar surface area (TPSA) is 55.5 Å². The molecule has 0 radical (unpaired) electrons. The minimum Gasteiger partial charge on any atom is -0.508 e. The number of halogens is 1. The maximum Gasteiger partial charge on any atom is 0.120 e. The Kier molecular flexibility index (Phi) is 5.10. The van der Waals surface area contributed by atoms with E-state index in [0.717, 1.165) is 5.75 Å². The van der Waals surface area contributed by atoms with Crippen LogP contribution in [0.15, 0.2) is 18.2 Å². The van der Waals surface area contributed by atoms with Crippen LogP contribution in [-0.2, 0) is 0 Å². The summed E-state index contributed by atoms with van der Waals surface area (Å²) in [5, 5.41) is 9.57. The highest BCUT2D eigenvalue weighted by molar-refractivity contribution is 5.85. The third-order valence-electron chi connectivity index (χ3n) is 1.91. The van der Waals surface area contributed by atoms with Gasteiger partial charge in [0.05, 0.1) is 0 Å². The summed E-state index contributed by atoms with van der Waals surface area (Å²) in [6, 6.07) is 4.94. The molecular formula is C12H20ClNO2. The fourth-order valence-corrected chi connectivity index (χ4v) is 1.31. The second kappa shape index (κ2) is 5.41. The van der Waals surface area contributed by atoms with Gasteiger partial charge in [0, 0.05) is 11.6 Å². The lowest BCUT2D eigenvalue weighted by Crippen LogP contribution is -2.23. The van der Waals surface area contributed by atoms with Gasteiger partial charge in [-0.05, 0) is 45.9 Å². The number of rotatable bonds is 2. The molecule has 3 N–H and O–H groups in total. The van der Waals surface area contributed by atoms with Crippen molar-refractivity contribution >= 4 is 12.4 Å². The predicted molar refractivity (Wildman–Crippen MR) is 68.3 cm³/mol. The Morgan fingerprint density at radius 3 is 2.31 bits per heavy atom. The second-order valence-corrected chi connectivity index (χ2v) is 4.72. The van der Waals surface area contributed by atoms with Crippen molar-refractivity contribution < 1.29 is 9.84 Å². The SMILES string of the molecule is C[C@@H](N)c1cc(OC(C)(C)C)ccc1O.Cl. The number of phenols is 1. The fraction of sp³-hybridized carbons (Fsp3) is 0.500. The van der Waals surface area contributed by atoms with Crippen LogP contribution in [0.25, 0.3) is 0 Å². The number of ether oxygens (including phenoxy) is 1. The molecule has 0 bridgehead atoms. The number of hydrogen-bond donors (Lipinski definition) is 2. The molecule has 0 saturated heterocycles. The molecule has 0 fully saturated rings. The van der Waals surface area contributed by atoms with Gasteiger partial charge in [-0.1, -0.05) is 0 Å². The summed E-state index contributed by atoms with van der Waals surface area (Å²) in [6.45, 7) is 7.76. The predicted octanol–water partition coefficient (Wildman–Crippen LogP) is 3.01. The van der Waals surface area contributed by atoms with Crippen LogP contribution in [0.1, 0.15) is 39.3 Å². The van der Waals surface area contributed by atoms with Crippen LogP contribution in [0.4, 0.5) is 0 Å². The molecule has 0 spiro atoms. The smallest absolute Gasteiger partial charge is 0.120 e. The number of hydrogen-bond acceptors (Lipinski definition) is 3. The highest BCUT2D eigenvalue weighted by atomic mass is 35.5. The molecule has 0 aliphatic heterocycles. The number of nitrogens with two attached hydrogens (primary N) is 1. The Bertz CT molecular complexity index is 345. The first kappa shape index (κ1) is 15.1. The van der Waals surface area contributed by atoms with Gasteiger partial charge in [-0.2, -0.15) is 0 Å². The van der Waals surface area contributed by atoms with Crippen molar-refractivity contribution in [2.45, 2.75) is 39.3 Å². The van der Waals surface area contributed by atoms with Crippen molar-refractivity contribution in [3.63, 3.8) is 0 Å². The molecule has 92 valence electrons. The normalized spacial score (nSPS) is 12.8. The van der Waals surface area contributed by atoms with Crippen molar-refractivity contribution in [1.29, 1.82) is 0 Å². The van der Waals surface area contributed by atoms with Gasteiger partial charge in [-0.3, -0.25) is 0 Å². The second-order valence-electron chi connectivity index (χ2n) is 4.72. The van der Waals surface area contributed by atoms with Gasteiger partial charge < -0.3 is 15.6 Å². The third-order valence-corrected chi connectivity index (χ3v) is 1.91. The monoisotopic (exact) mass is 245 g/mol. The zero-order valence-electron chi connectivity index (χ0n) is 10.2. The van der Waals surface area contributed by atoms with E-state index in [9.17, 15) is 5.11 Å². The maximum atomic E-state index is 9.57. The van der Waals surface area contributed by atoms with Gasteiger partial charge >= 0.3 is 0 Å². The van der Waals surface area contributed by atoms with E-state index in [0.29, 0.717) is 5.56 Å². The van der Waals surface area contributed by atoms with E-state index in [1.54, 1.807) is 18.2 Å². The maximum absolute atomic E-state index is 9.57. The molecule has 1 aromatic rings. The lowest BCUT2D eigenvalue weighted by molar-refractivity contribution is 0.130. The van der Waals surface area contributed by atoms with E-state index >= 15 is 0 Å². The van der Waals surface area contributed by atoms with Crippen molar-refractivity contribution in [3.05, 3.63) is 23.8 Å². The van der Waals surface area contributed by atoms with Crippen molar-refractivity contribution in [2.24, 2.45) is 5.73 Å². The van der Waals surface area contributed by atoms with Gasteiger partial charge in [0.25, 0.3) is 0 Å². The fourth-order valence-electron chi connectivity index (χ4n) is 1.31. The molecule has 0 heterocycles. The quantitative estimate of drug-likeness (QED) is 0.842. The Hall–Kier alpha value is -0.930. The Morgan fingerprint density at radius 2 is 1.88 bits per heavy atom. The van der Waals surface area contributed by atoms with Crippen molar-refractivity contribution in [1.82, 2.24) is 0 Å². The zero-order valence-corrected chi connectivity index (χ0v) is 11.0. The van der Waals surface area contributed by atoms with Gasteiger partial charge in [-0.15, -0.1) is 12.4 Å². The molecular weight excluding hydrogens is 226 g/mol. The first-order valence-corrected chi connectivity index (χ1v) is 5.07. The van der Waals surface area contributed by atoms with Crippen LogP contribution in [0.2, 0.25) is 0 Å². The molecule has 0 aliphatic rings. The summed E-state index contributed by atoms with van der Waals surface area (Å²) >= 11 is 0. The summed E-state index contributed by atoms with van der Waals surface area (Å²) in [5.41, 5.74) is 6.19. The van der Waals surface area contributed by atoms with Crippen molar-refractivity contribution in [2.75, 3.05) is 0 Å². The Balaban J connectivity index is 0.00000225. The van der Waals surface area contributed by atoms with Crippen LogP contribution in [0.5, 0.6) is 11.5 Å². The molecule has 1 atom stereocenters. The largest absolute Gasteiger partial charge is 0.508 e. The Morgan fingerprint density at radius 1 is 1.31 bits per heavy atom. The highest BCUT2D eigenvalue weighted by Crippen LogP contribution is 2.28. The van der Waals surface area contributed by atoms with E-state index in [4.69, 9.17) is 10.5 Å². The summed E-state index contributed by atoms with van der Waals surface area (Å²) in [6.07, 6.45) is 0. The first-order chi connectivity index (χ1) is 6.79. The lowest BCUT2D eigenvalue weighted by Gasteiger charge is -2.22. The molecule has 1 aromatic carbocycles. The molecule has 3 nitrogen and oxygen atoms in total. The summed E-state index contributed by atoms with van der Waals surface area (Å²) < 4.78 is 5.68. The lowest BCUT2D eigenvalue weighted by atomic mass is 10.1. The number of phenolic OH excluding ortho intramolecular Hbond substituents is 1. The van der Waals surface area contributed by atoms with Gasteiger partial charge in [-0.25, -0.2) is 0 Å². The molecule has 0 amide bonds. The molecule has 0 saturated carbocycles. The molecule has 0 aromatic heterocycles. The Labute approximate surface area is 103 Å². The van der Waals surface area contributed by atoms with Crippen molar-refractivity contribution in [3.8, 4) is 11.5 Å². The zero-order chi connectivity index (χ0) is 11.6. The summed E-state index contributed by atoms with van der Waals surface area (Å²) in [7, 11) is 0. The standard InChI is InChI=1S/C12H19NO2.ClH/c1-8(13)10-7-9(5-6-11(10)14)15-12(2,3)4;/h5-8,14H,13H2,1-4H3;1H/t8-;/m1./s1. The van der Waals surface area contributed by atoms with Crippen LogP contribution < -0.4 is 10.5 Å². The average Bonchev–Trinajstić information content (AvgIpc) is 2.05. The van der Waals surface area contributed by atoms with E-state index in [-0.39, 0.29) is 29.8 Å². The number of aromatic hydroxyl groups is 1. The molecule has 16 heavy (non-hydrogen) atoms. The van der Waals surface area contributed by atoms with Gasteiger partial charge in [0.1, 0.15) is 17.1 Å². The van der Waals surface area contributed by atoms with E-state index in [1.807, 2.05) is 27.7 Å². The van der Waals surface area contributed by atoms with Gasteiger partial charge in [0.2, 0.25) is 0 Å². The average molecular weight is 246 g/mol. The van der Waals surface area contributed by atoms with Crippen LogP contribution in [-0.4, -0.2) is 10.7 Å². The first-order valence-electron chi connectivity index (χ1n) is 5.07. The summed E-state index contributed by atoms with van der Waals surface area (Å²) in [4.78, 5) is 0.